The molecule has 0 aliphatic heterocycles. The summed E-state index contributed by atoms with van der Waals surface area (Å²) < 4.78 is 57.9. The van der Waals surface area contributed by atoms with E-state index in [2.05, 4.69) is 10.0 Å². The highest BCUT2D eigenvalue weighted by atomic mass is 32.2. The zero-order valence-electron chi connectivity index (χ0n) is 17.9. The summed E-state index contributed by atoms with van der Waals surface area (Å²) in [6.45, 7) is 10.2. The van der Waals surface area contributed by atoms with E-state index < -0.39 is 15.9 Å². The Morgan fingerprint density at radius 3 is 2.31 bits per heavy atom. The van der Waals surface area contributed by atoms with E-state index >= 15 is 0 Å². The van der Waals surface area contributed by atoms with Crippen molar-refractivity contribution in [1.82, 2.24) is 9.88 Å². The molecule has 2 aromatic rings. The van der Waals surface area contributed by atoms with Crippen molar-refractivity contribution in [3.05, 3.63) is 47.3 Å². The molecule has 29 heavy (non-hydrogen) atoms. The van der Waals surface area contributed by atoms with Crippen LogP contribution in [0.25, 0.3) is 0 Å². The van der Waals surface area contributed by atoms with Gasteiger partial charge in [-0.2, -0.15) is 0 Å². The van der Waals surface area contributed by atoms with E-state index in [0.717, 1.165) is 25.6 Å². The summed E-state index contributed by atoms with van der Waals surface area (Å²) in [5.41, 5.74) is 1.18. The average Bonchev–Trinajstić information content (AvgIpc) is 2.92. The van der Waals surface area contributed by atoms with Crippen LogP contribution in [0.2, 0.25) is 0 Å². The van der Waals surface area contributed by atoms with Gasteiger partial charge in [-0.3, -0.25) is 4.72 Å². The predicted octanol–water partition coefficient (Wildman–Crippen LogP) is 4.62. The first-order chi connectivity index (χ1) is 13.3. The van der Waals surface area contributed by atoms with Crippen LogP contribution in [-0.2, 0) is 27.9 Å². The van der Waals surface area contributed by atoms with Crippen LogP contribution in [-0.4, -0.2) is 26.6 Å². The lowest BCUT2D eigenvalue weighted by molar-refractivity contribution is 0.0175. The number of hydrogen-bond acceptors (Lipinski definition) is 3. The molecule has 0 spiro atoms. The molecule has 0 aliphatic carbocycles. The first kappa shape index (κ1) is 23.3. The molecule has 0 aliphatic rings. The van der Waals surface area contributed by atoms with Gasteiger partial charge in [0.1, 0.15) is 4.90 Å². The minimum atomic E-state index is -3.93. The Kier molecular flexibility index (Phi) is 6.79. The molecule has 1 aromatic heterocycles. The summed E-state index contributed by atoms with van der Waals surface area (Å²) in [4.78, 5) is 0.167. The summed E-state index contributed by atoms with van der Waals surface area (Å²) in [5.74, 6) is -3.05. The van der Waals surface area contributed by atoms with Crippen molar-refractivity contribution in [2.24, 2.45) is 0 Å². The lowest BCUT2D eigenvalue weighted by Crippen LogP contribution is -2.20. The number of aromatic nitrogens is 1. The number of sulfonamides is 1. The molecule has 2 rings (SSSR count). The van der Waals surface area contributed by atoms with Gasteiger partial charge in [0.15, 0.2) is 0 Å². The SMILES string of the molecule is CNCCCn1c(C(C)(C)C)cc(S(=O)(=O)Nc2cccc(C(C)(F)F)c2)c1C. The molecule has 0 fully saturated rings. The normalized spacial score (nSPS) is 13.0. The molecular weight excluding hydrogens is 396 g/mol. The maximum atomic E-state index is 13.6. The van der Waals surface area contributed by atoms with Gasteiger partial charge in [0, 0.05) is 41.5 Å². The summed E-state index contributed by atoms with van der Waals surface area (Å²) in [5, 5.41) is 3.10. The minimum Gasteiger partial charge on any atom is -0.347 e. The third-order valence-electron chi connectivity index (χ3n) is 4.81. The molecule has 5 nitrogen and oxygen atoms in total. The fourth-order valence-electron chi connectivity index (χ4n) is 3.28. The van der Waals surface area contributed by atoms with Crippen LogP contribution < -0.4 is 10.0 Å². The van der Waals surface area contributed by atoms with Crippen molar-refractivity contribution in [3.63, 3.8) is 0 Å². The number of rotatable bonds is 8. The minimum absolute atomic E-state index is 0.115. The molecule has 0 radical (unpaired) electrons. The van der Waals surface area contributed by atoms with Gasteiger partial charge < -0.3 is 9.88 Å². The van der Waals surface area contributed by atoms with Crippen LogP contribution >= 0.6 is 0 Å². The first-order valence-corrected chi connectivity index (χ1v) is 11.1. The van der Waals surface area contributed by atoms with Crippen LogP contribution in [0.1, 0.15) is 51.1 Å². The fraction of sp³-hybridized carbons (Fsp3) is 0.524. The third kappa shape index (κ3) is 5.57. The number of nitrogens with zero attached hydrogens (tertiary/aromatic N) is 1. The van der Waals surface area contributed by atoms with Crippen LogP contribution in [0.15, 0.2) is 35.2 Å². The Morgan fingerprint density at radius 2 is 1.76 bits per heavy atom. The van der Waals surface area contributed by atoms with E-state index in [9.17, 15) is 17.2 Å². The Morgan fingerprint density at radius 1 is 1.10 bits per heavy atom. The second-order valence-corrected chi connectivity index (χ2v) is 10.1. The van der Waals surface area contributed by atoms with E-state index in [1.165, 1.54) is 24.3 Å². The quantitative estimate of drug-likeness (QED) is 0.605. The Labute approximate surface area is 172 Å². The zero-order chi connectivity index (χ0) is 22.0. The molecule has 0 amide bonds. The maximum absolute atomic E-state index is 13.6. The van der Waals surface area contributed by atoms with Crippen molar-refractivity contribution in [2.75, 3.05) is 18.3 Å². The number of alkyl halides is 2. The van der Waals surface area contributed by atoms with Gasteiger partial charge in [-0.25, -0.2) is 17.2 Å². The molecule has 0 unspecified atom stereocenters. The van der Waals surface area contributed by atoms with Crippen molar-refractivity contribution < 1.29 is 17.2 Å². The van der Waals surface area contributed by atoms with Gasteiger partial charge in [-0.05, 0) is 45.1 Å². The Bertz CT molecular complexity index is 955. The van der Waals surface area contributed by atoms with Crippen LogP contribution in [0.3, 0.4) is 0 Å². The molecule has 0 saturated carbocycles. The monoisotopic (exact) mass is 427 g/mol. The lowest BCUT2D eigenvalue weighted by Gasteiger charge is -2.22. The van der Waals surface area contributed by atoms with Crippen molar-refractivity contribution in [3.8, 4) is 0 Å². The van der Waals surface area contributed by atoms with E-state index in [1.807, 2.05) is 32.4 Å². The van der Waals surface area contributed by atoms with Gasteiger partial charge >= 0.3 is 0 Å². The molecule has 162 valence electrons. The van der Waals surface area contributed by atoms with E-state index in [1.54, 1.807) is 13.0 Å². The number of hydrogen-bond donors (Lipinski definition) is 2. The van der Waals surface area contributed by atoms with Crippen molar-refractivity contribution in [2.45, 2.75) is 63.8 Å². The van der Waals surface area contributed by atoms with Gasteiger partial charge in [0.25, 0.3) is 15.9 Å². The van der Waals surface area contributed by atoms with Crippen LogP contribution in [0.5, 0.6) is 0 Å². The second kappa shape index (κ2) is 8.44. The molecular formula is C21H31F2N3O2S. The van der Waals surface area contributed by atoms with Gasteiger partial charge in [0.05, 0.1) is 0 Å². The number of anilines is 1. The fourth-order valence-corrected chi connectivity index (χ4v) is 4.59. The smallest absolute Gasteiger partial charge is 0.270 e. The predicted molar refractivity (Wildman–Crippen MR) is 113 cm³/mol. The molecule has 8 heteroatoms. The van der Waals surface area contributed by atoms with E-state index in [4.69, 9.17) is 0 Å². The highest BCUT2D eigenvalue weighted by Gasteiger charge is 2.29. The molecule has 1 aromatic carbocycles. The van der Waals surface area contributed by atoms with Gasteiger partial charge in [0.2, 0.25) is 0 Å². The Balaban J connectivity index is 2.45. The summed E-state index contributed by atoms with van der Waals surface area (Å²) in [6, 6.07) is 7.02. The number of halogens is 2. The Hall–Kier alpha value is -1.93. The first-order valence-electron chi connectivity index (χ1n) is 9.64. The molecule has 0 bridgehead atoms. The second-order valence-electron chi connectivity index (χ2n) is 8.41. The van der Waals surface area contributed by atoms with Crippen LogP contribution in [0.4, 0.5) is 14.5 Å². The summed E-state index contributed by atoms with van der Waals surface area (Å²) in [6.07, 6.45) is 0.857. The van der Waals surface area contributed by atoms with Crippen molar-refractivity contribution in [1.29, 1.82) is 0 Å². The highest BCUT2D eigenvalue weighted by molar-refractivity contribution is 7.92. The zero-order valence-corrected chi connectivity index (χ0v) is 18.8. The summed E-state index contributed by atoms with van der Waals surface area (Å²) in [7, 11) is -2.05. The van der Waals surface area contributed by atoms with E-state index in [0.29, 0.717) is 12.2 Å². The van der Waals surface area contributed by atoms with Gasteiger partial charge in [-0.1, -0.05) is 32.9 Å². The van der Waals surface area contributed by atoms with Gasteiger partial charge in [-0.15, -0.1) is 0 Å². The molecule has 2 N–H and O–H groups in total. The number of nitrogens with one attached hydrogen (secondary N) is 2. The largest absolute Gasteiger partial charge is 0.347 e. The standard InChI is InChI=1S/C21H31F2N3O2S/c1-15-18(14-19(20(2,3)4)26(15)12-8-11-24-6)29(27,28)25-17-10-7-9-16(13-17)21(5,22)23/h7,9-10,13-14,24-25H,8,11-12H2,1-6H3. The molecule has 0 saturated heterocycles. The third-order valence-corrected chi connectivity index (χ3v) is 6.30. The number of benzene rings is 1. The molecule has 0 atom stereocenters. The topological polar surface area (TPSA) is 63.1 Å². The maximum Gasteiger partial charge on any atom is 0.270 e. The van der Waals surface area contributed by atoms with E-state index in [-0.39, 0.29) is 21.6 Å². The lowest BCUT2D eigenvalue weighted by atomic mass is 9.92. The van der Waals surface area contributed by atoms with Crippen LogP contribution in [0, 0.1) is 6.92 Å². The van der Waals surface area contributed by atoms with Crippen molar-refractivity contribution >= 4 is 15.7 Å². The molecule has 1 heterocycles. The average molecular weight is 428 g/mol. The highest BCUT2D eigenvalue weighted by Crippen LogP contribution is 2.32. The summed E-state index contributed by atoms with van der Waals surface area (Å²) >= 11 is 0.